The van der Waals surface area contributed by atoms with Gasteiger partial charge >= 0.3 is 5.97 Å². The molecule has 0 N–H and O–H groups in total. The maximum Gasteiger partial charge on any atom is 0.343 e. The molecule has 0 heterocycles. The molecule has 0 radical (unpaired) electrons. The van der Waals surface area contributed by atoms with Crippen molar-refractivity contribution in [1.29, 1.82) is 0 Å². The number of ketones is 1. The Morgan fingerprint density at radius 3 is 2.17 bits per heavy atom. The summed E-state index contributed by atoms with van der Waals surface area (Å²) >= 11 is 6.08. The molecule has 0 saturated carbocycles. The highest BCUT2D eigenvalue weighted by Crippen LogP contribution is 2.28. The van der Waals surface area contributed by atoms with Crippen LogP contribution in [0.5, 0.6) is 17.2 Å². The molecular formula is C24H19ClO5. The minimum absolute atomic E-state index is 0.187. The van der Waals surface area contributed by atoms with E-state index in [1.807, 2.05) is 18.2 Å². The Morgan fingerprint density at radius 2 is 1.50 bits per heavy atom. The molecule has 3 rings (SSSR count). The molecule has 5 nitrogen and oxygen atoms in total. The van der Waals surface area contributed by atoms with Gasteiger partial charge in [-0.2, -0.15) is 0 Å². The summed E-state index contributed by atoms with van der Waals surface area (Å²) in [6, 6.07) is 18.3. The van der Waals surface area contributed by atoms with Crippen LogP contribution in [0.1, 0.15) is 26.3 Å². The smallest absolute Gasteiger partial charge is 0.343 e. The SMILES string of the molecule is COc1ccc(C(=O)Oc2ccc(C(=O)/C=C/c3ccccc3Cl)cc2)cc1OC. The van der Waals surface area contributed by atoms with Gasteiger partial charge in [-0.05, 0) is 66.2 Å². The predicted molar refractivity (Wildman–Crippen MR) is 116 cm³/mol. The zero-order valence-corrected chi connectivity index (χ0v) is 17.2. The molecule has 0 aliphatic rings. The number of rotatable bonds is 7. The third-order valence-corrected chi connectivity index (χ3v) is 4.63. The van der Waals surface area contributed by atoms with Crippen molar-refractivity contribution in [2.75, 3.05) is 14.2 Å². The number of carbonyl (C=O) groups is 2. The van der Waals surface area contributed by atoms with E-state index in [1.165, 1.54) is 20.3 Å². The van der Waals surface area contributed by atoms with Gasteiger partial charge in [0.2, 0.25) is 0 Å². The number of hydrogen-bond donors (Lipinski definition) is 0. The lowest BCUT2D eigenvalue weighted by Gasteiger charge is -2.09. The number of hydrogen-bond acceptors (Lipinski definition) is 5. The Bertz CT molecular complexity index is 1090. The molecule has 3 aromatic rings. The fraction of sp³-hybridized carbons (Fsp3) is 0.0833. The molecule has 0 aromatic heterocycles. The van der Waals surface area contributed by atoms with Crippen LogP contribution >= 0.6 is 11.6 Å². The molecular weight excluding hydrogens is 404 g/mol. The first-order valence-electron chi connectivity index (χ1n) is 9.03. The topological polar surface area (TPSA) is 61.8 Å². The zero-order valence-electron chi connectivity index (χ0n) is 16.4. The summed E-state index contributed by atoms with van der Waals surface area (Å²) in [5.41, 5.74) is 1.53. The van der Waals surface area contributed by atoms with Gasteiger partial charge in [0, 0.05) is 10.6 Å². The lowest BCUT2D eigenvalue weighted by Crippen LogP contribution is -2.09. The maximum atomic E-state index is 12.4. The summed E-state index contributed by atoms with van der Waals surface area (Å²) in [6.07, 6.45) is 3.11. The molecule has 6 heteroatoms. The van der Waals surface area contributed by atoms with Crippen molar-refractivity contribution in [3.05, 3.63) is 94.5 Å². The van der Waals surface area contributed by atoms with Crippen LogP contribution in [0.25, 0.3) is 6.08 Å². The fourth-order valence-corrected chi connectivity index (χ4v) is 2.89. The summed E-state index contributed by atoms with van der Waals surface area (Å²) in [7, 11) is 3.01. The van der Waals surface area contributed by atoms with Gasteiger partial charge in [-0.3, -0.25) is 4.79 Å². The molecule has 0 amide bonds. The molecule has 0 fully saturated rings. The highest BCUT2D eigenvalue weighted by atomic mass is 35.5. The first-order chi connectivity index (χ1) is 14.5. The fourth-order valence-electron chi connectivity index (χ4n) is 2.69. The van der Waals surface area contributed by atoms with E-state index in [0.717, 1.165) is 5.56 Å². The second-order valence-electron chi connectivity index (χ2n) is 6.20. The molecule has 0 bridgehead atoms. The van der Waals surface area contributed by atoms with Crippen LogP contribution in [0.3, 0.4) is 0 Å². The van der Waals surface area contributed by atoms with Crippen molar-refractivity contribution in [2.24, 2.45) is 0 Å². The average molecular weight is 423 g/mol. The number of methoxy groups -OCH3 is 2. The van der Waals surface area contributed by atoms with Crippen LogP contribution in [-0.4, -0.2) is 26.0 Å². The Labute approximate surface area is 179 Å². The van der Waals surface area contributed by atoms with E-state index < -0.39 is 5.97 Å². The van der Waals surface area contributed by atoms with E-state index >= 15 is 0 Å². The first kappa shape index (κ1) is 21.1. The van der Waals surface area contributed by atoms with Crippen molar-refractivity contribution in [1.82, 2.24) is 0 Å². The van der Waals surface area contributed by atoms with Crippen molar-refractivity contribution < 1.29 is 23.8 Å². The molecule has 0 aliphatic heterocycles. The van der Waals surface area contributed by atoms with E-state index in [2.05, 4.69) is 0 Å². The lowest BCUT2D eigenvalue weighted by atomic mass is 10.1. The van der Waals surface area contributed by atoms with Crippen LogP contribution in [-0.2, 0) is 0 Å². The minimum atomic E-state index is -0.548. The number of allylic oxidation sites excluding steroid dienone is 1. The van der Waals surface area contributed by atoms with Crippen LogP contribution < -0.4 is 14.2 Å². The molecule has 0 unspecified atom stereocenters. The third kappa shape index (κ3) is 5.07. The van der Waals surface area contributed by atoms with E-state index in [-0.39, 0.29) is 5.78 Å². The minimum Gasteiger partial charge on any atom is -0.493 e. The van der Waals surface area contributed by atoms with Gasteiger partial charge in [0.05, 0.1) is 19.8 Å². The van der Waals surface area contributed by atoms with E-state index in [1.54, 1.807) is 54.6 Å². The van der Waals surface area contributed by atoms with Crippen LogP contribution in [0.15, 0.2) is 72.8 Å². The maximum absolute atomic E-state index is 12.4. The number of carbonyl (C=O) groups excluding carboxylic acids is 2. The van der Waals surface area contributed by atoms with Gasteiger partial charge in [0.25, 0.3) is 0 Å². The van der Waals surface area contributed by atoms with Crippen molar-refractivity contribution in [2.45, 2.75) is 0 Å². The monoisotopic (exact) mass is 422 g/mol. The Hall–Kier alpha value is -3.57. The second kappa shape index (κ2) is 9.76. The van der Waals surface area contributed by atoms with Gasteiger partial charge < -0.3 is 14.2 Å². The summed E-state index contributed by atoms with van der Waals surface area (Å²) < 4.78 is 15.7. The number of benzene rings is 3. The molecule has 0 aliphatic carbocycles. The summed E-state index contributed by atoms with van der Waals surface area (Å²) in [6.45, 7) is 0. The summed E-state index contributed by atoms with van der Waals surface area (Å²) in [5, 5.41) is 0.568. The number of ether oxygens (including phenoxy) is 3. The lowest BCUT2D eigenvalue weighted by molar-refractivity contribution is 0.0734. The van der Waals surface area contributed by atoms with Crippen LogP contribution in [0.4, 0.5) is 0 Å². The molecule has 0 spiro atoms. The van der Waals surface area contributed by atoms with Gasteiger partial charge in [0.1, 0.15) is 5.75 Å². The van der Waals surface area contributed by atoms with Gasteiger partial charge in [-0.25, -0.2) is 4.79 Å². The van der Waals surface area contributed by atoms with Crippen molar-refractivity contribution in [3.63, 3.8) is 0 Å². The van der Waals surface area contributed by atoms with Crippen LogP contribution in [0.2, 0.25) is 5.02 Å². The van der Waals surface area contributed by atoms with Gasteiger partial charge in [0.15, 0.2) is 17.3 Å². The Kier molecular flexibility index (Phi) is 6.88. The average Bonchev–Trinajstić information content (AvgIpc) is 2.78. The number of halogens is 1. The van der Waals surface area contributed by atoms with E-state index in [9.17, 15) is 9.59 Å². The summed E-state index contributed by atoms with van der Waals surface area (Å²) in [5.74, 6) is 0.530. The van der Waals surface area contributed by atoms with Crippen molar-refractivity contribution in [3.8, 4) is 17.2 Å². The normalized spacial score (nSPS) is 10.6. The molecule has 30 heavy (non-hydrogen) atoms. The number of esters is 1. The quantitative estimate of drug-likeness (QED) is 0.218. The predicted octanol–water partition coefficient (Wildman–Crippen LogP) is 5.47. The Balaban J connectivity index is 1.67. The molecule has 0 atom stereocenters. The summed E-state index contributed by atoms with van der Waals surface area (Å²) in [4.78, 5) is 24.7. The zero-order chi connectivity index (χ0) is 21.5. The molecule has 3 aromatic carbocycles. The second-order valence-corrected chi connectivity index (χ2v) is 6.61. The van der Waals surface area contributed by atoms with Gasteiger partial charge in [-0.1, -0.05) is 29.8 Å². The third-order valence-electron chi connectivity index (χ3n) is 4.29. The van der Waals surface area contributed by atoms with Gasteiger partial charge in [-0.15, -0.1) is 0 Å². The standard InChI is InChI=1S/C24H19ClO5/c1-28-22-14-10-18(15-23(22)29-2)24(27)30-19-11-7-17(8-12-19)21(26)13-9-16-5-3-4-6-20(16)25/h3-15H,1-2H3/b13-9+. The highest BCUT2D eigenvalue weighted by Gasteiger charge is 2.13. The Morgan fingerprint density at radius 1 is 0.833 bits per heavy atom. The highest BCUT2D eigenvalue weighted by molar-refractivity contribution is 6.32. The van der Waals surface area contributed by atoms with Crippen molar-refractivity contribution >= 4 is 29.4 Å². The first-order valence-corrected chi connectivity index (χ1v) is 9.41. The molecule has 152 valence electrons. The van der Waals surface area contributed by atoms with Crippen LogP contribution in [0, 0.1) is 0 Å². The van der Waals surface area contributed by atoms with E-state index in [0.29, 0.717) is 33.4 Å². The van der Waals surface area contributed by atoms with E-state index in [4.69, 9.17) is 25.8 Å². The molecule has 0 saturated heterocycles. The largest absolute Gasteiger partial charge is 0.493 e.